The van der Waals surface area contributed by atoms with Crippen LogP contribution in [0.3, 0.4) is 0 Å². The molecule has 1 aliphatic carbocycles. The minimum atomic E-state index is -0.202. The number of carbonyl (C=O) groups excluding carboxylic acids is 1. The number of ketones is 1. The van der Waals surface area contributed by atoms with Crippen LogP contribution >= 0.6 is 0 Å². The molecule has 0 radical (unpaired) electrons. The second kappa shape index (κ2) is 5.44. The van der Waals surface area contributed by atoms with Gasteiger partial charge in [0.2, 0.25) is 0 Å². The van der Waals surface area contributed by atoms with Crippen molar-refractivity contribution in [2.45, 2.75) is 45.4 Å². The van der Waals surface area contributed by atoms with Crippen molar-refractivity contribution in [1.82, 2.24) is 0 Å². The molecule has 0 saturated heterocycles. The lowest BCUT2D eigenvalue weighted by Crippen LogP contribution is -2.16. The highest BCUT2D eigenvalue weighted by Gasteiger charge is 2.21. The second-order valence-corrected chi connectivity index (χ2v) is 5.04. The summed E-state index contributed by atoms with van der Waals surface area (Å²) in [6.45, 7) is 1.98. The predicted molar refractivity (Wildman–Crippen MR) is 66.4 cm³/mol. The molecule has 0 heterocycles. The van der Waals surface area contributed by atoms with E-state index in [1.165, 1.54) is 6.07 Å². The summed E-state index contributed by atoms with van der Waals surface area (Å²) in [4.78, 5) is 11.9. The molecule has 0 N–H and O–H groups in total. The third-order valence-electron chi connectivity index (χ3n) is 3.71. The monoisotopic (exact) mass is 234 g/mol. The summed E-state index contributed by atoms with van der Waals surface area (Å²) in [5.74, 6) is 0.274. The average Bonchev–Trinajstić information content (AvgIpc) is 2.50. The highest BCUT2D eigenvalue weighted by Crippen LogP contribution is 2.25. The molecule has 1 unspecified atom stereocenters. The van der Waals surface area contributed by atoms with Gasteiger partial charge in [-0.15, -0.1) is 0 Å². The van der Waals surface area contributed by atoms with Gasteiger partial charge in [-0.25, -0.2) is 4.39 Å². The molecule has 0 spiro atoms. The van der Waals surface area contributed by atoms with Gasteiger partial charge in [0.1, 0.15) is 11.6 Å². The normalized spacial score (nSPS) is 21.3. The van der Waals surface area contributed by atoms with Crippen molar-refractivity contribution in [3.8, 4) is 0 Å². The minimum absolute atomic E-state index is 0.109. The molecule has 1 nitrogen and oxygen atoms in total. The number of halogens is 1. The number of rotatable bonds is 2. The van der Waals surface area contributed by atoms with Crippen molar-refractivity contribution in [2.24, 2.45) is 5.92 Å². The van der Waals surface area contributed by atoms with Crippen LogP contribution in [0.15, 0.2) is 18.2 Å². The molecule has 2 heteroatoms. The first-order valence-corrected chi connectivity index (χ1v) is 6.44. The lowest BCUT2D eigenvalue weighted by Gasteiger charge is -2.14. The molecule has 92 valence electrons. The third-order valence-corrected chi connectivity index (χ3v) is 3.71. The number of benzene rings is 1. The maximum atomic E-state index is 13.2. The Balaban J connectivity index is 2.13. The van der Waals surface area contributed by atoms with E-state index < -0.39 is 0 Å². The Morgan fingerprint density at radius 2 is 2.12 bits per heavy atom. The van der Waals surface area contributed by atoms with Gasteiger partial charge >= 0.3 is 0 Å². The smallest absolute Gasteiger partial charge is 0.136 e. The van der Waals surface area contributed by atoms with E-state index >= 15 is 0 Å². The average molecular weight is 234 g/mol. The Hall–Kier alpha value is -1.18. The first-order valence-electron chi connectivity index (χ1n) is 6.44. The van der Waals surface area contributed by atoms with Gasteiger partial charge in [0, 0.05) is 12.3 Å². The van der Waals surface area contributed by atoms with E-state index in [1.54, 1.807) is 12.1 Å². The summed E-state index contributed by atoms with van der Waals surface area (Å²) in [5.41, 5.74) is 2.08. The maximum absolute atomic E-state index is 13.2. The zero-order chi connectivity index (χ0) is 12.3. The number of carbonyl (C=O) groups is 1. The van der Waals surface area contributed by atoms with Crippen molar-refractivity contribution in [3.05, 3.63) is 35.1 Å². The fourth-order valence-electron chi connectivity index (χ4n) is 2.57. The van der Waals surface area contributed by atoms with Gasteiger partial charge in [-0.3, -0.25) is 4.79 Å². The van der Waals surface area contributed by atoms with Gasteiger partial charge in [-0.05, 0) is 49.4 Å². The Labute approximate surface area is 102 Å². The Morgan fingerprint density at radius 3 is 2.94 bits per heavy atom. The van der Waals surface area contributed by atoms with E-state index in [2.05, 4.69) is 0 Å². The number of aryl methyl sites for hydroxylation is 1. The molecular formula is C15H19FO. The van der Waals surface area contributed by atoms with E-state index in [0.29, 0.717) is 18.6 Å². The van der Waals surface area contributed by atoms with Gasteiger partial charge in [0.25, 0.3) is 0 Å². The lowest BCUT2D eigenvalue weighted by atomic mass is 9.89. The van der Waals surface area contributed by atoms with Crippen LogP contribution in [0.4, 0.5) is 4.39 Å². The first-order chi connectivity index (χ1) is 8.16. The van der Waals surface area contributed by atoms with E-state index in [-0.39, 0.29) is 11.7 Å². The standard InChI is InChI=1S/C15H19FO/c1-11-7-8-14(16)10-13(11)9-12-5-3-2-4-6-15(12)17/h7-8,10,12H,2-6,9H2,1H3. The van der Waals surface area contributed by atoms with Crippen LogP contribution in [-0.2, 0) is 11.2 Å². The van der Waals surface area contributed by atoms with Gasteiger partial charge in [-0.2, -0.15) is 0 Å². The van der Waals surface area contributed by atoms with Crippen LogP contribution in [0.1, 0.15) is 43.2 Å². The molecule has 0 bridgehead atoms. The van der Waals surface area contributed by atoms with E-state index in [1.807, 2.05) is 6.92 Å². The first kappa shape index (κ1) is 12.3. The van der Waals surface area contributed by atoms with E-state index in [9.17, 15) is 9.18 Å². The summed E-state index contributed by atoms with van der Waals surface area (Å²) in [7, 11) is 0. The highest BCUT2D eigenvalue weighted by molar-refractivity contribution is 5.81. The molecule has 1 aliphatic rings. The second-order valence-electron chi connectivity index (χ2n) is 5.04. The molecule has 1 fully saturated rings. The van der Waals surface area contributed by atoms with Crippen LogP contribution in [0, 0.1) is 18.7 Å². The van der Waals surface area contributed by atoms with Gasteiger partial charge in [-0.1, -0.05) is 18.9 Å². The lowest BCUT2D eigenvalue weighted by molar-refractivity contribution is -0.122. The highest BCUT2D eigenvalue weighted by atomic mass is 19.1. The zero-order valence-corrected chi connectivity index (χ0v) is 10.3. The maximum Gasteiger partial charge on any atom is 0.136 e. The van der Waals surface area contributed by atoms with Crippen LogP contribution in [0.5, 0.6) is 0 Å². The summed E-state index contributed by atoms with van der Waals surface area (Å²) in [5, 5.41) is 0. The fourth-order valence-corrected chi connectivity index (χ4v) is 2.57. The van der Waals surface area contributed by atoms with Crippen molar-refractivity contribution in [3.63, 3.8) is 0 Å². The predicted octanol–water partition coefficient (Wildman–Crippen LogP) is 3.83. The van der Waals surface area contributed by atoms with E-state index in [0.717, 1.165) is 36.8 Å². The number of Topliss-reactive ketones (excluding diaryl/α,β-unsaturated/α-hetero) is 1. The fraction of sp³-hybridized carbons (Fsp3) is 0.533. The molecule has 1 aromatic carbocycles. The molecule has 0 aliphatic heterocycles. The molecule has 2 rings (SSSR count). The van der Waals surface area contributed by atoms with Crippen LogP contribution < -0.4 is 0 Å². The Morgan fingerprint density at radius 1 is 1.29 bits per heavy atom. The van der Waals surface area contributed by atoms with Crippen LogP contribution in [0.25, 0.3) is 0 Å². The molecule has 1 atom stereocenters. The molecular weight excluding hydrogens is 215 g/mol. The largest absolute Gasteiger partial charge is 0.299 e. The van der Waals surface area contributed by atoms with Crippen molar-refractivity contribution >= 4 is 5.78 Å². The molecule has 1 aromatic rings. The Bertz CT molecular complexity index is 411. The van der Waals surface area contributed by atoms with Gasteiger partial charge in [0.05, 0.1) is 0 Å². The van der Waals surface area contributed by atoms with Crippen molar-refractivity contribution in [2.75, 3.05) is 0 Å². The molecule has 0 aromatic heterocycles. The SMILES string of the molecule is Cc1ccc(F)cc1CC1CCCCCC1=O. The molecule has 17 heavy (non-hydrogen) atoms. The summed E-state index contributed by atoms with van der Waals surface area (Å²) in [6.07, 6.45) is 5.70. The summed E-state index contributed by atoms with van der Waals surface area (Å²) in [6, 6.07) is 4.85. The molecule has 0 amide bonds. The van der Waals surface area contributed by atoms with Crippen molar-refractivity contribution in [1.29, 1.82) is 0 Å². The van der Waals surface area contributed by atoms with Crippen molar-refractivity contribution < 1.29 is 9.18 Å². The topological polar surface area (TPSA) is 17.1 Å². The summed E-state index contributed by atoms with van der Waals surface area (Å²) >= 11 is 0. The molecule has 1 saturated carbocycles. The van der Waals surface area contributed by atoms with Crippen LogP contribution in [0.2, 0.25) is 0 Å². The Kier molecular flexibility index (Phi) is 3.93. The zero-order valence-electron chi connectivity index (χ0n) is 10.3. The third kappa shape index (κ3) is 3.15. The minimum Gasteiger partial charge on any atom is -0.299 e. The number of hydrogen-bond donors (Lipinski definition) is 0. The number of hydrogen-bond acceptors (Lipinski definition) is 1. The van der Waals surface area contributed by atoms with Gasteiger partial charge in [0.15, 0.2) is 0 Å². The summed E-state index contributed by atoms with van der Waals surface area (Å²) < 4.78 is 13.2. The quantitative estimate of drug-likeness (QED) is 0.711. The van der Waals surface area contributed by atoms with Crippen LogP contribution in [-0.4, -0.2) is 5.78 Å². The van der Waals surface area contributed by atoms with Gasteiger partial charge < -0.3 is 0 Å². The van der Waals surface area contributed by atoms with E-state index in [4.69, 9.17) is 0 Å².